The van der Waals surface area contributed by atoms with E-state index in [1.807, 2.05) is 5.38 Å². The molecular formula is C5H3BrN4S2. The summed E-state index contributed by atoms with van der Waals surface area (Å²) >= 11 is 9.53. The summed E-state index contributed by atoms with van der Waals surface area (Å²) in [4.78, 5) is 4.03. The Morgan fingerprint density at radius 2 is 2.33 bits per heavy atom. The van der Waals surface area contributed by atoms with Crippen LogP contribution in [0.5, 0.6) is 0 Å². The quantitative estimate of drug-likeness (QED) is 0.776. The van der Waals surface area contributed by atoms with Crippen LogP contribution in [0.4, 0.5) is 0 Å². The van der Waals surface area contributed by atoms with Crippen molar-refractivity contribution < 1.29 is 0 Å². The molecule has 0 fully saturated rings. The summed E-state index contributed by atoms with van der Waals surface area (Å²) in [7, 11) is 0. The monoisotopic (exact) mass is 262 g/mol. The van der Waals surface area contributed by atoms with Gasteiger partial charge < -0.3 is 0 Å². The van der Waals surface area contributed by atoms with Crippen molar-refractivity contribution >= 4 is 39.7 Å². The molecule has 2 aromatic rings. The lowest BCUT2D eigenvalue weighted by Crippen LogP contribution is -1.80. The Hall–Kier alpha value is -0.530. The lowest BCUT2D eigenvalue weighted by molar-refractivity contribution is 1.08. The minimum absolute atomic E-state index is 0.435. The highest BCUT2D eigenvalue weighted by atomic mass is 79.9. The third-order valence-corrected chi connectivity index (χ3v) is 2.98. The van der Waals surface area contributed by atoms with E-state index in [-0.39, 0.29) is 0 Å². The zero-order valence-corrected chi connectivity index (χ0v) is 8.89. The van der Waals surface area contributed by atoms with E-state index in [1.54, 1.807) is 0 Å². The van der Waals surface area contributed by atoms with Gasteiger partial charge in [-0.05, 0) is 39.7 Å². The summed E-state index contributed by atoms with van der Waals surface area (Å²) in [5, 5.41) is 7.42. The number of aromatic amines is 2. The van der Waals surface area contributed by atoms with E-state index in [1.165, 1.54) is 11.5 Å². The minimum Gasteiger partial charge on any atom is -0.280 e. The maximum absolute atomic E-state index is 4.81. The van der Waals surface area contributed by atoms with Crippen molar-refractivity contribution in [3.05, 3.63) is 14.6 Å². The Bertz CT molecular complexity index is 442. The number of nitrogens with zero attached hydrogens (tertiary/aromatic N) is 2. The summed E-state index contributed by atoms with van der Waals surface area (Å²) in [5.41, 5.74) is 0.785. The molecule has 0 radical (unpaired) electrons. The SMILES string of the molecule is S=c1nc(-c2nscc2Br)[nH][nH]1. The van der Waals surface area contributed by atoms with Gasteiger partial charge in [0.2, 0.25) is 4.77 Å². The van der Waals surface area contributed by atoms with E-state index in [2.05, 4.69) is 35.5 Å². The molecule has 0 bridgehead atoms. The first-order chi connectivity index (χ1) is 5.77. The first-order valence-corrected chi connectivity index (χ1v) is 5.06. The van der Waals surface area contributed by atoms with E-state index in [0.29, 0.717) is 10.6 Å². The summed E-state index contributed by atoms with van der Waals surface area (Å²) < 4.78 is 5.49. The summed E-state index contributed by atoms with van der Waals surface area (Å²) in [6.07, 6.45) is 0. The number of halogens is 1. The van der Waals surface area contributed by atoms with Crippen molar-refractivity contribution in [2.24, 2.45) is 0 Å². The van der Waals surface area contributed by atoms with Crippen LogP contribution in [-0.4, -0.2) is 19.6 Å². The standard InChI is InChI=1S/C5H3BrN4S2/c6-2-1-12-10-3(2)4-7-5(11)9-8-4/h1H,(H2,7,8,9,11). The molecule has 0 aromatic carbocycles. The third-order valence-electron chi connectivity index (χ3n) is 1.25. The van der Waals surface area contributed by atoms with Crippen LogP contribution in [0.25, 0.3) is 11.5 Å². The van der Waals surface area contributed by atoms with Gasteiger partial charge in [0.05, 0.1) is 4.47 Å². The number of aromatic nitrogens is 4. The Labute approximate surface area is 85.3 Å². The molecule has 2 heterocycles. The van der Waals surface area contributed by atoms with Gasteiger partial charge in [0, 0.05) is 5.38 Å². The molecule has 0 amide bonds. The summed E-state index contributed by atoms with van der Waals surface area (Å²) in [5.74, 6) is 0.660. The van der Waals surface area contributed by atoms with Gasteiger partial charge in [-0.25, -0.2) is 0 Å². The van der Waals surface area contributed by atoms with Gasteiger partial charge in [-0.15, -0.1) is 0 Å². The number of rotatable bonds is 1. The smallest absolute Gasteiger partial charge is 0.213 e. The Morgan fingerprint density at radius 1 is 1.50 bits per heavy atom. The summed E-state index contributed by atoms with van der Waals surface area (Å²) in [6.45, 7) is 0. The van der Waals surface area contributed by atoms with Crippen LogP contribution < -0.4 is 0 Å². The van der Waals surface area contributed by atoms with Gasteiger partial charge in [-0.3, -0.25) is 10.2 Å². The van der Waals surface area contributed by atoms with Crippen LogP contribution in [0.3, 0.4) is 0 Å². The predicted molar refractivity (Wildman–Crippen MR) is 52.6 cm³/mol. The molecule has 0 aliphatic heterocycles. The Morgan fingerprint density at radius 3 is 2.83 bits per heavy atom. The molecule has 62 valence electrons. The fraction of sp³-hybridized carbons (Fsp3) is 0. The molecule has 0 aliphatic rings. The van der Waals surface area contributed by atoms with Gasteiger partial charge in [-0.1, -0.05) is 0 Å². The normalized spacial score (nSPS) is 10.4. The lowest BCUT2D eigenvalue weighted by Gasteiger charge is -1.87. The molecule has 2 rings (SSSR count). The summed E-state index contributed by atoms with van der Waals surface area (Å²) in [6, 6.07) is 0. The Balaban J connectivity index is 2.57. The molecule has 0 aliphatic carbocycles. The molecular weight excluding hydrogens is 260 g/mol. The number of nitrogens with one attached hydrogen (secondary N) is 2. The van der Waals surface area contributed by atoms with E-state index in [9.17, 15) is 0 Å². The van der Waals surface area contributed by atoms with Crippen molar-refractivity contribution in [1.82, 2.24) is 19.6 Å². The zero-order valence-electron chi connectivity index (χ0n) is 5.67. The fourth-order valence-electron chi connectivity index (χ4n) is 0.763. The van der Waals surface area contributed by atoms with E-state index < -0.39 is 0 Å². The molecule has 2 aromatic heterocycles. The highest BCUT2D eigenvalue weighted by molar-refractivity contribution is 9.10. The molecule has 0 unspecified atom stereocenters. The van der Waals surface area contributed by atoms with E-state index >= 15 is 0 Å². The highest BCUT2D eigenvalue weighted by Gasteiger charge is 2.08. The van der Waals surface area contributed by atoms with Crippen molar-refractivity contribution in [3.63, 3.8) is 0 Å². The minimum atomic E-state index is 0.435. The first kappa shape index (κ1) is 8.09. The predicted octanol–water partition coefficient (Wildman–Crippen LogP) is 2.35. The van der Waals surface area contributed by atoms with Crippen LogP contribution >= 0.6 is 39.7 Å². The van der Waals surface area contributed by atoms with Crippen LogP contribution in [0.1, 0.15) is 0 Å². The maximum atomic E-state index is 4.81. The van der Waals surface area contributed by atoms with Crippen LogP contribution in [0.2, 0.25) is 0 Å². The van der Waals surface area contributed by atoms with E-state index in [4.69, 9.17) is 12.2 Å². The largest absolute Gasteiger partial charge is 0.280 e. The molecule has 4 nitrogen and oxygen atoms in total. The van der Waals surface area contributed by atoms with Gasteiger partial charge in [0.1, 0.15) is 5.69 Å². The van der Waals surface area contributed by atoms with Gasteiger partial charge in [0.25, 0.3) is 0 Å². The molecule has 2 N–H and O–H groups in total. The fourth-order valence-corrected chi connectivity index (χ4v) is 2.10. The average molecular weight is 263 g/mol. The first-order valence-electron chi connectivity index (χ1n) is 3.02. The molecule has 12 heavy (non-hydrogen) atoms. The zero-order chi connectivity index (χ0) is 8.55. The third kappa shape index (κ3) is 1.35. The van der Waals surface area contributed by atoms with E-state index in [0.717, 1.165) is 10.2 Å². The molecule has 7 heteroatoms. The van der Waals surface area contributed by atoms with Crippen LogP contribution in [0, 0.1) is 4.77 Å². The van der Waals surface area contributed by atoms with Gasteiger partial charge in [-0.2, -0.15) is 9.36 Å². The van der Waals surface area contributed by atoms with Crippen LogP contribution in [0.15, 0.2) is 9.85 Å². The van der Waals surface area contributed by atoms with Gasteiger partial charge in [0.15, 0.2) is 5.82 Å². The van der Waals surface area contributed by atoms with Crippen molar-refractivity contribution in [2.75, 3.05) is 0 Å². The highest BCUT2D eigenvalue weighted by Crippen LogP contribution is 2.25. The second kappa shape index (κ2) is 3.08. The van der Waals surface area contributed by atoms with Gasteiger partial charge >= 0.3 is 0 Å². The van der Waals surface area contributed by atoms with Crippen molar-refractivity contribution in [2.45, 2.75) is 0 Å². The number of hydrogen-bond acceptors (Lipinski definition) is 4. The second-order valence-electron chi connectivity index (χ2n) is 2.03. The van der Waals surface area contributed by atoms with Crippen molar-refractivity contribution in [1.29, 1.82) is 0 Å². The second-order valence-corrected chi connectivity index (χ2v) is 3.90. The lowest BCUT2D eigenvalue weighted by atomic mass is 10.4. The Kier molecular flexibility index (Phi) is 2.07. The number of H-pyrrole nitrogens is 2. The maximum Gasteiger partial charge on any atom is 0.213 e. The molecule has 0 spiro atoms. The van der Waals surface area contributed by atoms with Crippen molar-refractivity contribution in [3.8, 4) is 11.5 Å². The number of hydrogen-bond donors (Lipinski definition) is 2. The molecule has 0 saturated heterocycles. The molecule has 0 atom stereocenters. The topological polar surface area (TPSA) is 57.4 Å². The van der Waals surface area contributed by atoms with Crippen LogP contribution in [-0.2, 0) is 0 Å². The average Bonchev–Trinajstić information content (AvgIpc) is 2.58. The molecule has 0 saturated carbocycles.